The third-order valence-corrected chi connectivity index (χ3v) is 10.9. The van der Waals surface area contributed by atoms with Crippen LogP contribution in [0.25, 0.3) is 77.8 Å². The SMILES string of the molecule is C1=CC(c2ccccc2)=NC(c2ccc3c(c2)c2ncccc2n3-c2cccc(-n3c4ccc(-c5cccc(-c6ccccc6)n5)cc4c4ncccc43)c2)C1.CC.CC. The molecule has 1 atom stereocenters. The van der Waals surface area contributed by atoms with Crippen molar-refractivity contribution in [2.24, 2.45) is 4.99 Å². The lowest BCUT2D eigenvalue weighted by Crippen LogP contribution is -2.06. The molecule has 0 fully saturated rings. The zero-order valence-electron chi connectivity index (χ0n) is 34.4. The van der Waals surface area contributed by atoms with E-state index in [0.29, 0.717) is 0 Å². The van der Waals surface area contributed by atoms with Gasteiger partial charge in [-0.3, -0.25) is 15.0 Å². The number of hydrogen-bond donors (Lipinski definition) is 0. The monoisotopic (exact) mass is 778 g/mol. The molecule has 0 radical (unpaired) electrons. The van der Waals surface area contributed by atoms with Crippen molar-refractivity contribution in [3.63, 3.8) is 0 Å². The molecule has 0 saturated carbocycles. The molecule has 0 N–H and O–H groups in total. The zero-order valence-corrected chi connectivity index (χ0v) is 34.4. The second kappa shape index (κ2) is 16.8. The molecule has 6 heteroatoms. The number of nitrogens with zero attached hydrogens (tertiary/aromatic N) is 6. The Morgan fingerprint density at radius 1 is 0.467 bits per heavy atom. The maximum absolute atomic E-state index is 5.19. The fourth-order valence-corrected chi connectivity index (χ4v) is 8.31. The molecule has 1 aliphatic heterocycles. The summed E-state index contributed by atoms with van der Waals surface area (Å²) in [7, 11) is 0. The van der Waals surface area contributed by atoms with Crippen molar-refractivity contribution in [3.05, 3.63) is 199 Å². The first-order chi connectivity index (χ1) is 29.8. The minimum atomic E-state index is 0.0399. The molecule has 5 aromatic carbocycles. The molecule has 292 valence electrons. The summed E-state index contributed by atoms with van der Waals surface area (Å²) in [5.74, 6) is 0. The van der Waals surface area contributed by atoms with Gasteiger partial charge in [0.15, 0.2) is 0 Å². The maximum Gasteiger partial charge on any atom is 0.0963 e. The van der Waals surface area contributed by atoms with Gasteiger partial charge in [0, 0.05) is 45.7 Å². The van der Waals surface area contributed by atoms with Crippen molar-refractivity contribution in [1.82, 2.24) is 24.1 Å². The molecule has 6 heterocycles. The standard InChI is InChI=1S/C50H34N6.2C2H6/c1-3-12-33(13-4-1)41-18-8-20-43(53-41)35-24-26-45-39(30-35)49-47(22-10-28-51-49)55(45)37-16-7-17-38(32-37)56-46-27-25-36(31-40(46)50-48(56)23-11-29-52-50)44-21-9-19-42(54-44)34-14-5-2-6-15-34;2*1-2/h1-20,22-32,44H,21H2;2*1-2H3. The molecule has 1 aliphatic rings. The van der Waals surface area contributed by atoms with Gasteiger partial charge in [0.05, 0.1) is 56.2 Å². The minimum absolute atomic E-state index is 0.0399. The zero-order chi connectivity index (χ0) is 41.0. The van der Waals surface area contributed by atoms with E-state index in [2.05, 4.69) is 149 Å². The van der Waals surface area contributed by atoms with E-state index < -0.39 is 0 Å². The first-order valence-electron chi connectivity index (χ1n) is 21.0. The van der Waals surface area contributed by atoms with Crippen LogP contribution in [0, 0.1) is 0 Å². The predicted octanol–water partition coefficient (Wildman–Crippen LogP) is 13.9. The third-order valence-electron chi connectivity index (χ3n) is 10.9. The van der Waals surface area contributed by atoms with E-state index in [4.69, 9.17) is 19.9 Å². The number of aliphatic imine (C=N–C) groups is 1. The molecular formula is C54H46N6. The normalized spacial score (nSPS) is 13.5. The van der Waals surface area contributed by atoms with Crippen molar-refractivity contribution in [1.29, 1.82) is 0 Å². The summed E-state index contributed by atoms with van der Waals surface area (Å²) in [5.41, 5.74) is 15.7. The quantitative estimate of drug-likeness (QED) is 0.169. The molecule has 11 rings (SSSR count). The largest absolute Gasteiger partial charge is 0.308 e. The van der Waals surface area contributed by atoms with E-state index in [-0.39, 0.29) is 6.04 Å². The van der Waals surface area contributed by atoms with Gasteiger partial charge in [-0.2, -0.15) is 0 Å². The summed E-state index contributed by atoms with van der Waals surface area (Å²) >= 11 is 0. The van der Waals surface area contributed by atoms with Gasteiger partial charge in [-0.1, -0.05) is 119 Å². The van der Waals surface area contributed by atoms with Gasteiger partial charge in [0.2, 0.25) is 0 Å². The van der Waals surface area contributed by atoms with Gasteiger partial charge in [0.1, 0.15) is 0 Å². The molecule has 5 aromatic heterocycles. The van der Waals surface area contributed by atoms with Crippen LogP contribution in [0.1, 0.15) is 51.3 Å². The van der Waals surface area contributed by atoms with E-state index in [1.54, 1.807) is 0 Å². The van der Waals surface area contributed by atoms with Crippen LogP contribution in [0.5, 0.6) is 0 Å². The number of aromatic nitrogens is 5. The Morgan fingerprint density at radius 2 is 1.03 bits per heavy atom. The van der Waals surface area contributed by atoms with Crippen molar-refractivity contribution in [2.45, 2.75) is 40.2 Å². The molecule has 0 saturated heterocycles. The summed E-state index contributed by atoms with van der Waals surface area (Å²) < 4.78 is 4.65. The highest BCUT2D eigenvalue weighted by molar-refractivity contribution is 6.10. The third kappa shape index (κ3) is 6.86. The fraction of sp³-hybridized carbons (Fsp3) is 0.111. The Labute approximate surface area is 350 Å². The number of dihydropyridines is 1. The van der Waals surface area contributed by atoms with Crippen LogP contribution in [0.15, 0.2) is 193 Å². The molecule has 0 spiro atoms. The average molecular weight is 779 g/mol. The van der Waals surface area contributed by atoms with E-state index in [9.17, 15) is 0 Å². The topological polar surface area (TPSA) is 60.9 Å². The number of fused-ring (bicyclic) bond motifs is 6. The summed E-state index contributed by atoms with van der Waals surface area (Å²) in [6.45, 7) is 8.00. The molecule has 6 nitrogen and oxygen atoms in total. The summed E-state index contributed by atoms with van der Waals surface area (Å²) in [5, 5.41) is 2.20. The van der Waals surface area contributed by atoms with Crippen molar-refractivity contribution < 1.29 is 0 Å². The highest BCUT2D eigenvalue weighted by atomic mass is 15.0. The molecule has 60 heavy (non-hydrogen) atoms. The summed E-state index contributed by atoms with van der Waals surface area (Å²) in [6.07, 6.45) is 9.00. The second-order valence-electron chi connectivity index (χ2n) is 14.2. The highest BCUT2D eigenvalue weighted by Gasteiger charge is 2.20. The van der Waals surface area contributed by atoms with Gasteiger partial charge in [-0.25, -0.2) is 4.98 Å². The van der Waals surface area contributed by atoms with Crippen molar-refractivity contribution >= 4 is 49.6 Å². The van der Waals surface area contributed by atoms with Crippen LogP contribution in [0.4, 0.5) is 0 Å². The number of hydrogen-bond acceptors (Lipinski definition) is 4. The maximum atomic E-state index is 5.19. The number of rotatable bonds is 6. The minimum Gasteiger partial charge on any atom is -0.308 e. The Hall–Kier alpha value is -7.44. The number of allylic oxidation sites excluding steroid dienone is 1. The fourth-order valence-electron chi connectivity index (χ4n) is 8.31. The van der Waals surface area contributed by atoms with Crippen LogP contribution in [-0.4, -0.2) is 29.8 Å². The van der Waals surface area contributed by atoms with Crippen LogP contribution < -0.4 is 0 Å². The Bertz CT molecular complexity index is 3170. The molecule has 1 unspecified atom stereocenters. The lowest BCUT2D eigenvalue weighted by Gasteiger charge is -2.17. The van der Waals surface area contributed by atoms with Crippen LogP contribution in [0.3, 0.4) is 0 Å². The molecule has 0 aliphatic carbocycles. The van der Waals surface area contributed by atoms with E-state index in [1.165, 1.54) is 5.56 Å². The summed E-state index contributed by atoms with van der Waals surface area (Å²) in [4.78, 5) is 20.1. The second-order valence-corrected chi connectivity index (χ2v) is 14.2. The Kier molecular flexibility index (Phi) is 10.7. The van der Waals surface area contributed by atoms with Gasteiger partial charge in [-0.05, 0) is 102 Å². The lowest BCUT2D eigenvalue weighted by molar-refractivity contribution is 0.738. The van der Waals surface area contributed by atoms with Gasteiger partial charge < -0.3 is 9.13 Å². The first kappa shape index (κ1) is 38.1. The Morgan fingerprint density at radius 3 is 1.68 bits per heavy atom. The number of benzene rings is 5. The number of pyridine rings is 3. The van der Waals surface area contributed by atoms with Gasteiger partial charge in [0.25, 0.3) is 0 Å². The highest BCUT2D eigenvalue weighted by Crippen LogP contribution is 2.38. The van der Waals surface area contributed by atoms with Crippen molar-refractivity contribution in [2.75, 3.05) is 0 Å². The van der Waals surface area contributed by atoms with E-state index in [1.807, 2.05) is 76.5 Å². The van der Waals surface area contributed by atoms with Crippen LogP contribution in [0.2, 0.25) is 0 Å². The molecular weight excluding hydrogens is 733 g/mol. The van der Waals surface area contributed by atoms with Crippen LogP contribution >= 0.6 is 0 Å². The van der Waals surface area contributed by atoms with Gasteiger partial charge >= 0.3 is 0 Å². The predicted molar refractivity (Wildman–Crippen MR) is 252 cm³/mol. The Balaban J connectivity index is 0.00000112. The summed E-state index contributed by atoms with van der Waals surface area (Å²) in [6, 6.07) is 57.5. The van der Waals surface area contributed by atoms with Gasteiger partial charge in [-0.15, -0.1) is 0 Å². The molecule has 0 amide bonds. The van der Waals surface area contributed by atoms with E-state index >= 15 is 0 Å². The van der Waals surface area contributed by atoms with Crippen molar-refractivity contribution in [3.8, 4) is 33.9 Å². The van der Waals surface area contributed by atoms with E-state index in [0.717, 1.165) is 95.5 Å². The molecule has 10 aromatic rings. The average Bonchev–Trinajstić information content (AvgIpc) is 3.86. The van der Waals surface area contributed by atoms with Crippen LogP contribution in [-0.2, 0) is 0 Å². The molecule has 0 bridgehead atoms. The lowest BCUT2D eigenvalue weighted by atomic mass is 9.98. The first-order valence-corrected chi connectivity index (χ1v) is 21.0. The smallest absolute Gasteiger partial charge is 0.0963 e.